The molecule has 1 aliphatic rings. The Morgan fingerprint density at radius 1 is 1.36 bits per heavy atom. The molecule has 0 radical (unpaired) electrons. The maximum absolute atomic E-state index is 12.9. The van der Waals surface area contributed by atoms with Crippen molar-refractivity contribution in [3.63, 3.8) is 0 Å². The van der Waals surface area contributed by atoms with E-state index in [2.05, 4.69) is 10.2 Å². The first kappa shape index (κ1) is 16.9. The standard InChI is InChI=1S/C17H25FN2O2/c1-12(14-6-8-15(18)9-7-14)19-17(22)11-20-10-4-3-5-16(20)13(2)21/h6-9,12-13,16,21H,3-5,10-11H2,1-2H3,(H,19,22). The number of piperidine rings is 1. The molecular formula is C17H25FN2O2. The third-order valence-corrected chi connectivity index (χ3v) is 4.32. The maximum Gasteiger partial charge on any atom is 0.234 e. The minimum absolute atomic E-state index is 0.0561. The van der Waals surface area contributed by atoms with Gasteiger partial charge in [-0.3, -0.25) is 9.69 Å². The highest BCUT2D eigenvalue weighted by atomic mass is 19.1. The van der Waals surface area contributed by atoms with Gasteiger partial charge in [-0.1, -0.05) is 18.6 Å². The van der Waals surface area contributed by atoms with E-state index in [4.69, 9.17) is 0 Å². The number of hydrogen-bond donors (Lipinski definition) is 2. The van der Waals surface area contributed by atoms with Crippen molar-refractivity contribution in [2.24, 2.45) is 0 Å². The lowest BCUT2D eigenvalue weighted by molar-refractivity contribution is -0.124. The zero-order valence-electron chi connectivity index (χ0n) is 13.3. The van der Waals surface area contributed by atoms with Gasteiger partial charge in [-0.05, 0) is 50.9 Å². The first-order chi connectivity index (χ1) is 10.5. The zero-order chi connectivity index (χ0) is 16.1. The molecule has 3 unspecified atom stereocenters. The number of carbonyl (C=O) groups is 1. The molecule has 1 aromatic rings. The summed E-state index contributed by atoms with van der Waals surface area (Å²) >= 11 is 0. The van der Waals surface area contributed by atoms with Gasteiger partial charge < -0.3 is 10.4 Å². The number of halogens is 1. The van der Waals surface area contributed by atoms with Gasteiger partial charge >= 0.3 is 0 Å². The second-order valence-electron chi connectivity index (χ2n) is 6.11. The third kappa shape index (κ3) is 4.52. The van der Waals surface area contributed by atoms with Crippen LogP contribution in [0.3, 0.4) is 0 Å². The van der Waals surface area contributed by atoms with E-state index in [-0.39, 0.29) is 23.8 Å². The van der Waals surface area contributed by atoms with Gasteiger partial charge in [0.15, 0.2) is 0 Å². The van der Waals surface area contributed by atoms with E-state index in [9.17, 15) is 14.3 Å². The van der Waals surface area contributed by atoms with E-state index >= 15 is 0 Å². The molecule has 4 nitrogen and oxygen atoms in total. The van der Waals surface area contributed by atoms with Crippen molar-refractivity contribution in [3.05, 3.63) is 35.6 Å². The summed E-state index contributed by atoms with van der Waals surface area (Å²) in [5, 5.41) is 12.8. The lowest BCUT2D eigenvalue weighted by Crippen LogP contribution is -2.50. The molecule has 1 aliphatic heterocycles. The van der Waals surface area contributed by atoms with Crippen LogP contribution >= 0.6 is 0 Å². The molecule has 1 heterocycles. The topological polar surface area (TPSA) is 52.6 Å². The summed E-state index contributed by atoms with van der Waals surface area (Å²) in [5.41, 5.74) is 0.875. The second-order valence-corrected chi connectivity index (χ2v) is 6.11. The average Bonchev–Trinajstić information content (AvgIpc) is 2.48. The lowest BCUT2D eigenvalue weighted by Gasteiger charge is -2.37. The summed E-state index contributed by atoms with van der Waals surface area (Å²) in [6.45, 7) is 4.80. The monoisotopic (exact) mass is 308 g/mol. The summed E-state index contributed by atoms with van der Waals surface area (Å²) in [5.74, 6) is -0.347. The number of nitrogens with one attached hydrogen (secondary N) is 1. The number of rotatable bonds is 5. The highest BCUT2D eigenvalue weighted by molar-refractivity contribution is 5.78. The summed E-state index contributed by atoms with van der Waals surface area (Å²) in [6, 6.07) is 6.04. The molecule has 0 aliphatic carbocycles. The maximum atomic E-state index is 12.9. The third-order valence-electron chi connectivity index (χ3n) is 4.32. The molecule has 3 atom stereocenters. The Hall–Kier alpha value is -1.46. The summed E-state index contributed by atoms with van der Waals surface area (Å²) < 4.78 is 12.9. The number of amides is 1. The van der Waals surface area contributed by atoms with Crippen LogP contribution in [0, 0.1) is 5.82 Å². The van der Waals surface area contributed by atoms with Gasteiger partial charge in [0.25, 0.3) is 0 Å². The van der Waals surface area contributed by atoms with Crippen LogP contribution in [0.1, 0.15) is 44.7 Å². The van der Waals surface area contributed by atoms with E-state index in [1.807, 2.05) is 6.92 Å². The molecule has 0 spiro atoms. The Morgan fingerprint density at radius 2 is 2.05 bits per heavy atom. The van der Waals surface area contributed by atoms with Crippen LogP contribution in [-0.2, 0) is 4.79 Å². The molecule has 1 fully saturated rings. The first-order valence-corrected chi connectivity index (χ1v) is 7.94. The van der Waals surface area contributed by atoms with Crippen LogP contribution in [-0.4, -0.2) is 41.1 Å². The average molecular weight is 308 g/mol. The quantitative estimate of drug-likeness (QED) is 0.877. The van der Waals surface area contributed by atoms with Gasteiger partial charge in [-0.15, -0.1) is 0 Å². The number of hydrogen-bond acceptors (Lipinski definition) is 3. The summed E-state index contributed by atoms with van der Waals surface area (Å²) in [7, 11) is 0. The molecule has 22 heavy (non-hydrogen) atoms. The number of nitrogens with zero attached hydrogens (tertiary/aromatic N) is 1. The van der Waals surface area contributed by atoms with Gasteiger partial charge in [-0.25, -0.2) is 4.39 Å². The van der Waals surface area contributed by atoms with Crippen LogP contribution in [0.5, 0.6) is 0 Å². The lowest BCUT2D eigenvalue weighted by atomic mass is 9.98. The van der Waals surface area contributed by atoms with Crippen molar-refractivity contribution in [1.82, 2.24) is 10.2 Å². The van der Waals surface area contributed by atoms with Crippen molar-refractivity contribution in [2.75, 3.05) is 13.1 Å². The van der Waals surface area contributed by atoms with E-state index in [0.29, 0.717) is 6.54 Å². The van der Waals surface area contributed by atoms with E-state index in [1.165, 1.54) is 12.1 Å². The zero-order valence-corrected chi connectivity index (χ0v) is 13.3. The minimum atomic E-state index is -0.428. The molecule has 1 amide bonds. The molecule has 1 aromatic carbocycles. The Labute approximate surface area is 131 Å². The molecule has 122 valence electrons. The largest absolute Gasteiger partial charge is 0.392 e. The molecule has 2 N–H and O–H groups in total. The van der Waals surface area contributed by atoms with Crippen LogP contribution in [0.2, 0.25) is 0 Å². The fourth-order valence-electron chi connectivity index (χ4n) is 3.07. The van der Waals surface area contributed by atoms with E-state index in [0.717, 1.165) is 31.4 Å². The molecule has 0 bridgehead atoms. The predicted molar refractivity (Wildman–Crippen MR) is 83.9 cm³/mol. The number of aliphatic hydroxyl groups excluding tert-OH is 1. The molecule has 5 heteroatoms. The van der Waals surface area contributed by atoms with Gasteiger partial charge in [0, 0.05) is 6.04 Å². The second kappa shape index (κ2) is 7.70. The number of likely N-dealkylation sites (tertiary alicyclic amines) is 1. The number of carbonyl (C=O) groups excluding carboxylic acids is 1. The van der Waals surface area contributed by atoms with Crippen molar-refractivity contribution in [2.45, 2.75) is 51.3 Å². The first-order valence-electron chi connectivity index (χ1n) is 7.94. The van der Waals surface area contributed by atoms with Gasteiger partial charge in [0.1, 0.15) is 5.82 Å². The highest BCUT2D eigenvalue weighted by Crippen LogP contribution is 2.19. The predicted octanol–water partition coefficient (Wildman–Crippen LogP) is 2.24. The van der Waals surface area contributed by atoms with Crippen molar-refractivity contribution in [1.29, 1.82) is 0 Å². The SMILES string of the molecule is CC(NC(=O)CN1CCCCC1C(C)O)c1ccc(F)cc1. The molecular weight excluding hydrogens is 283 g/mol. The molecule has 2 rings (SSSR count). The smallest absolute Gasteiger partial charge is 0.234 e. The van der Waals surface area contributed by atoms with Crippen LogP contribution in [0.4, 0.5) is 4.39 Å². The Bertz CT molecular complexity index is 490. The van der Waals surface area contributed by atoms with Crippen molar-refractivity contribution >= 4 is 5.91 Å². The minimum Gasteiger partial charge on any atom is -0.392 e. The van der Waals surface area contributed by atoms with Gasteiger partial charge in [0.2, 0.25) is 5.91 Å². The number of benzene rings is 1. The fourth-order valence-corrected chi connectivity index (χ4v) is 3.07. The molecule has 0 aromatic heterocycles. The summed E-state index contributed by atoms with van der Waals surface area (Å²) in [6.07, 6.45) is 2.66. The van der Waals surface area contributed by atoms with Gasteiger partial charge in [0.05, 0.1) is 18.7 Å². The van der Waals surface area contributed by atoms with Crippen molar-refractivity contribution < 1.29 is 14.3 Å². The fraction of sp³-hybridized carbons (Fsp3) is 0.588. The van der Waals surface area contributed by atoms with Crippen LogP contribution < -0.4 is 5.32 Å². The Kier molecular flexibility index (Phi) is 5.91. The van der Waals surface area contributed by atoms with Crippen molar-refractivity contribution in [3.8, 4) is 0 Å². The van der Waals surface area contributed by atoms with Gasteiger partial charge in [-0.2, -0.15) is 0 Å². The Morgan fingerprint density at radius 3 is 2.68 bits per heavy atom. The Balaban J connectivity index is 1.90. The van der Waals surface area contributed by atoms with E-state index in [1.54, 1.807) is 19.1 Å². The highest BCUT2D eigenvalue weighted by Gasteiger charge is 2.27. The molecule has 1 saturated heterocycles. The molecule has 0 saturated carbocycles. The van der Waals surface area contributed by atoms with Crippen LogP contribution in [0.25, 0.3) is 0 Å². The normalized spacial score (nSPS) is 22.1. The summed E-state index contributed by atoms with van der Waals surface area (Å²) in [4.78, 5) is 14.3. The van der Waals surface area contributed by atoms with E-state index < -0.39 is 6.10 Å². The van der Waals surface area contributed by atoms with Crippen LogP contribution in [0.15, 0.2) is 24.3 Å². The number of aliphatic hydroxyl groups is 1.